The van der Waals surface area contributed by atoms with Crippen LogP contribution in [0.1, 0.15) is 12.5 Å². The standard InChI is InChI=1S/C26H27ClF2N4O6/c1-15(22(28)29)38-18-5-4-6-19(11-18)39-25-30-23-21(32(25)12-16-7-9-17(27)10-8-16)24(35)33(26(36)31(23)2)13-20(14-34)37-3/h4-11,15,20,22,34H,12-14H2,1-3H3. The van der Waals surface area contributed by atoms with Crippen molar-refractivity contribution in [3.05, 3.63) is 80.0 Å². The summed E-state index contributed by atoms with van der Waals surface area (Å²) >= 11 is 6.03. The van der Waals surface area contributed by atoms with Gasteiger partial charge in [0.2, 0.25) is 0 Å². The SMILES string of the molecule is COC(CO)Cn1c(=O)c2c(nc(Oc3cccc(OC(C)C(F)F)c3)n2Cc2ccc(Cl)cc2)n(C)c1=O. The number of aromatic nitrogens is 4. The number of hydrogen-bond donors (Lipinski definition) is 1. The molecule has 0 fully saturated rings. The minimum absolute atomic E-state index is 0.0192. The Morgan fingerprint density at radius 3 is 2.41 bits per heavy atom. The van der Waals surface area contributed by atoms with Crippen molar-refractivity contribution in [1.29, 1.82) is 0 Å². The maximum atomic E-state index is 13.6. The highest BCUT2D eigenvalue weighted by molar-refractivity contribution is 6.30. The summed E-state index contributed by atoms with van der Waals surface area (Å²) in [7, 11) is 2.83. The number of aliphatic hydroxyl groups excluding tert-OH is 1. The lowest BCUT2D eigenvalue weighted by Crippen LogP contribution is -2.43. The Morgan fingerprint density at radius 2 is 1.77 bits per heavy atom. The predicted octanol–water partition coefficient (Wildman–Crippen LogP) is 3.43. The second kappa shape index (κ2) is 12.0. The van der Waals surface area contributed by atoms with Gasteiger partial charge in [0.25, 0.3) is 12.0 Å². The lowest BCUT2D eigenvalue weighted by Gasteiger charge is -2.15. The molecule has 4 aromatic rings. The molecule has 208 valence electrons. The van der Waals surface area contributed by atoms with Gasteiger partial charge in [0.15, 0.2) is 17.3 Å². The van der Waals surface area contributed by atoms with E-state index in [1.807, 2.05) is 0 Å². The third-order valence-electron chi connectivity index (χ3n) is 6.07. The molecule has 0 spiro atoms. The summed E-state index contributed by atoms with van der Waals surface area (Å²) in [5.74, 6) is 0.372. The highest BCUT2D eigenvalue weighted by Gasteiger charge is 2.24. The number of ether oxygens (including phenoxy) is 3. The molecule has 0 saturated carbocycles. The van der Waals surface area contributed by atoms with Gasteiger partial charge in [-0.05, 0) is 36.8 Å². The molecule has 1 N–H and O–H groups in total. The van der Waals surface area contributed by atoms with Crippen LogP contribution in [0.15, 0.2) is 58.1 Å². The molecule has 4 rings (SSSR count). The number of fused-ring (bicyclic) bond motifs is 1. The molecule has 13 heteroatoms. The van der Waals surface area contributed by atoms with Crippen LogP contribution >= 0.6 is 11.6 Å². The van der Waals surface area contributed by atoms with E-state index < -0.39 is 36.5 Å². The fourth-order valence-corrected chi connectivity index (χ4v) is 4.03. The number of imidazole rings is 1. The molecule has 2 unspecified atom stereocenters. The van der Waals surface area contributed by atoms with Gasteiger partial charge in [-0.15, -0.1) is 0 Å². The van der Waals surface area contributed by atoms with Gasteiger partial charge >= 0.3 is 11.7 Å². The molecule has 2 aromatic carbocycles. The zero-order valence-electron chi connectivity index (χ0n) is 21.4. The maximum absolute atomic E-state index is 13.6. The van der Waals surface area contributed by atoms with Crippen molar-refractivity contribution >= 4 is 22.8 Å². The third-order valence-corrected chi connectivity index (χ3v) is 6.32. The van der Waals surface area contributed by atoms with E-state index in [1.165, 1.54) is 42.3 Å². The molecular formula is C26H27ClF2N4O6. The van der Waals surface area contributed by atoms with E-state index in [4.69, 9.17) is 25.8 Å². The fraction of sp³-hybridized carbons (Fsp3) is 0.346. The molecule has 10 nitrogen and oxygen atoms in total. The molecular weight excluding hydrogens is 538 g/mol. The summed E-state index contributed by atoms with van der Waals surface area (Å²) < 4.78 is 46.1. The first-order valence-electron chi connectivity index (χ1n) is 11.9. The van der Waals surface area contributed by atoms with E-state index in [0.717, 1.165) is 10.1 Å². The molecule has 2 heterocycles. The van der Waals surface area contributed by atoms with Crippen LogP contribution in [0.2, 0.25) is 5.02 Å². The van der Waals surface area contributed by atoms with E-state index >= 15 is 0 Å². The molecule has 39 heavy (non-hydrogen) atoms. The summed E-state index contributed by atoms with van der Waals surface area (Å²) in [6, 6.07) is 13.0. The van der Waals surface area contributed by atoms with Gasteiger partial charge < -0.3 is 19.3 Å². The number of nitrogens with zero attached hydrogens (tertiary/aromatic N) is 4. The van der Waals surface area contributed by atoms with Gasteiger partial charge in [-0.25, -0.2) is 13.6 Å². The van der Waals surface area contributed by atoms with Crippen LogP contribution in [0.3, 0.4) is 0 Å². The maximum Gasteiger partial charge on any atom is 0.332 e. The number of aliphatic hydroxyl groups is 1. The van der Waals surface area contributed by atoms with E-state index in [2.05, 4.69) is 4.98 Å². The molecule has 2 atom stereocenters. The van der Waals surface area contributed by atoms with Crippen molar-refractivity contribution in [2.75, 3.05) is 13.7 Å². The zero-order valence-corrected chi connectivity index (χ0v) is 22.1. The first-order chi connectivity index (χ1) is 18.6. The van der Waals surface area contributed by atoms with E-state index in [1.54, 1.807) is 36.4 Å². The minimum Gasteiger partial charge on any atom is -0.485 e. The average Bonchev–Trinajstić information content (AvgIpc) is 3.26. The largest absolute Gasteiger partial charge is 0.485 e. The Hall–Kier alpha value is -3.74. The smallest absolute Gasteiger partial charge is 0.332 e. The quantitative estimate of drug-likeness (QED) is 0.297. The molecule has 0 radical (unpaired) electrons. The number of halogens is 3. The summed E-state index contributed by atoms with van der Waals surface area (Å²) in [6.45, 7) is 0.798. The van der Waals surface area contributed by atoms with Crippen LogP contribution < -0.4 is 20.7 Å². The van der Waals surface area contributed by atoms with Crippen LogP contribution in [0.4, 0.5) is 8.78 Å². The van der Waals surface area contributed by atoms with Crippen molar-refractivity contribution in [3.8, 4) is 17.5 Å². The zero-order chi connectivity index (χ0) is 28.3. The molecule has 0 saturated heterocycles. The van der Waals surface area contributed by atoms with Crippen LogP contribution in [0, 0.1) is 0 Å². The molecule has 0 aliphatic rings. The summed E-state index contributed by atoms with van der Waals surface area (Å²) in [6.07, 6.45) is -4.79. The van der Waals surface area contributed by atoms with Crippen molar-refractivity contribution < 1.29 is 28.1 Å². The van der Waals surface area contributed by atoms with Crippen molar-refractivity contribution in [1.82, 2.24) is 18.7 Å². The van der Waals surface area contributed by atoms with Gasteiger partial charge in [-0.3, -0.25) is 18.5 Å². The van der Waals surface area contributed by atoms with Gasteiger partial charge in [-0.1, -0.05) is 29.8 Å². The Labute approximate surface area is 226 Å². The molecule has 2 aromatic heterocycles. The summed E-state index contributed by atoms with van der Waals surface area (Å²) in [5, 5.41) is 10.1. The second-order valence-corrected chi connectivity index (χ2v) is 9.25. The summed E-state index contributed by atoms with van der Waals surface area (Å²) in [4.78, 5) is 31.1. The highest BCUT2D eigenvalue weighted by atomic mass is 35.5. The van der Waals surface area contributed by atoms with Crippen LogP contribution in [0.5, 0.6) is 17.5 Å². The number of aryl methyl sites for hydroxylation is 1. The Kier molecular flexibility index (Phi) is 8.68. The Bertz CT molecular complexity index is 1560. The van der Waals surface area contributed by atoms with E-state index in [-0.39, 0.29) is 41.8 Å². The second-order valence-electron chi connectivity index (χ2n) is 8.81. The monoisotopic (exact) mass is 564 g/mol. The van der Waals surface area contributed by atoms with Crippen molar-refractivity contribution in [2.24, 2.45) is 7.05 Å². The molecule has 0 aliphatic heterocycles. The molecule has 0 bridgehead atoms. The number of hydrogen-bond acceptors (Lipinski definition) is 7. The topological polar surface area (TPSA) is 110 Å². The molecule has 0 aliphatic carbocycles. The average molecular weight is 565 g/mol. The lowest BCUT2D eigenvalue weighted by atomic mass is 10.2. The Balaban J connectivity index is 1.85. The van der Waals surface area contributed by atoms with Gasteiger partial charge in [0, 0.05) is 25.2 Å². The third kappa shape index (κ3) is 6.13. The van der Waals surface area contributed by atoms with Crippen LogP contribution in [-0.4, -0.2) is 56.1 Å². The van der Waals surface area contributed by atoms with E-state index in [0.29, 0.717) is 5.02 Å². The number of alkyl halides is 2. The minimum atomic E-state index is -2.68. The van der Waals surface area contributed by atoms with Crippen molar-refractivity contribution in [2.45, 2.75) is 38.6 Å². The Morgan fingerprint density at radius 1 is 1.08 bits per heavy atom. The van der Waals surface area contributed by atoms with Gasteiger partial charge in [0.05, 0.1) is 25.8 Å². The number of methoxy groups -OCH3 is 1. The molecule has 0 amide bonds. The van der Waals surface area contributed by atoms with Crippen LogP contribution in [0.25, 0.3) is 11.2 Å². The van der Waals surface area contributed by atoms with Crippen LogP contribution in [-0.2, 0) is 24.9 Å². The lowest BCUT2D eigenvalue weighted by molar-refractivity contribution is 0.0225. The van der Waals surface area contributed by atoms with Crippen molar-refractivity contribution in [3.63, 3.8) is 0 Å². The summed E-state index contributed by atoms with van der Waals surface area (Å²) in [5.41, 5.74) is -0.392. The first-order valence-corrected chi connectivity index (χ1v) is 12.3. The van der Waals surface area contributed by atoms with E-state index in [9.17, 15) is 23.5 Å². The highest BCUT2D eigenvalue weighted by Crippen LogP contribution is 2.28. The van der Waals surface area contributed by atoms with Gasteiger partial charge in [0.1, 0.15) is 11.5 Å². The fourth-order valence-electron chi connectivity index (χ4n) is 3.90. The predicted molar refractivity (Wildman–Crippen MR) is 140 cm³/mol. The first kappa shape index (κ1) is 28.3. The normalized spacial score (nSPS) is 13.1. The van der Waals surface area contributed by atoms with Gasteiger partial charge in [-0.2, -0.15) is 4.98 Å². The number of rotatable bonds is 11. The number of benzene rings is 2.